The van der Waals surface area contributed by atoms with E-state index in [1.807, 2.05) is 24.3 Å². The van der Waals surface area contributed by atoms with Crippen molar-refractivity contribution in [2.24, 2.45) is 5.73 Å². The lowest BCUT2D eigenvalue weighted by Gasteiger charge is -2.10. The number of rotatable bonds is 1. The number of aryl methyl sites for hydroxylation is 2. The van der Waals surface area contributed by atoms with Gasteiger partial charge in [0.2, 0.25) is 5.91 Å². The molecule has 0 atom stereocenters. The van der Waals surface area contributed by atoms with Crippen molar-refractivity contribution in [3.8, 4) is 6.07 Å². The van der Waals surface area contributed by atoms with E-state index in [9.17, 15) is 4.79 Å². The molecule has 1 amide bonds. The number of primary amides is 1. The second kappa shape index (κ2) is 4.71. The molecule has 1 heterocycles. The number of benzene rings is 2. The minimum Gasteiger partial charge on any atom is -0.366 e. The topological polar surface area (TPSA) is 78.9 Å². The molecule has 2 aromatic carbocycles. The van der Waals surface area contributed by atoms with E-state index in [0.29, 0.717) is 11.1 Å². The fourth-order valence-corrected chi connectivity index (χ4v) is 2.48. The number of anilines is 2. The Hall–Kier alpha value is -2.80. The molecule has 0 unspecified atom stereocenters. The van der Waals surface area contributed by atoms with Gasteiger partial charge in [0.05, 0.1) is 11.6 Å². The van der Waals surface area contributed by atoms with E-state index in [1.54, 1.807) is 12.1 Å². The van der Waals surface area contributed by atoms with Gasteiger partial charge < -0.3 is 11.1 Å². The second-order valence-corrected chi connectivity index (χ2v) is 4.84. The Bertz CT molecular complexity index is 744. The van der Waals surface area contributed by atoms with E-state index < -0.39 is 5.91 Å². The Labute approximate surface area is 116 Å². The SMILES string of the molecule is N#Cc1ccc2c(c1)CCc1cc(C(N)=O)ccc1N2. The van der Waals surface area contributed by atoms with Crippen molar-refractivity contribution in [3.63, 3.8) is 0 Å². The highest BCUT2D eigenvalue weighted by Crippen LogP contribution is 2.31. The molecule has 98 valence electrons. The summed E-state index contributed by atoms with van der Waals surface area (Å²) in [5, 5.41) is 12.3. The molecular weight excluding hydrogens is 250 g/mol. The van der Waals surface area contributed by atoms with E-state index in [2.05, 4.69) is 11.4 Å². The molecule has 0 spiro atoms. The zero-order valence-corrected chi connectivity index (χ0v) is 10.8. The number of fused-ring (bicyclic) bond motifs is 2. The monoisotopic (exact) mass is 263 g/mol. The number of nitrogens with two attached hydrogens (primary N) is 1. The minimum atomic E-state index is -0.415. The van der Waals surface area contributed by atoms with Crippen LogP contribution < -0.4 is 11.1 Å². The van der Waals surface area contributed by atoms with Crippen molar-refractivity contribution >= 4 is 17.3 Å². The smallest absolute Gasteiger partial charge is 0.248 e. The van der Waals surface area contributed by atoms with E-state index in [1.165, 1.54) is 0 Å². The summed E-state index contributed by atoms with van der Waals surface area (Å²) >= 11 is 0. The van der Waals surface area contributed by atoms with Crippen molar-refractivity contribution in [1.82, 2.24) is 0 Å². The quantitative estimate of drug-likeness (QED) is 0.829. The zero-order chi connectivity index (χ0) is 14.1. The van der Waals surface area contributed by atoms with Crippen LogP contribution in [0.5, 0.6) is 0 Å². The van der Waals surface area contributed by atoms with Gasteiger partial charge in [-0.2, -0.15) is 5.26 Å². The molecule has 4 heteroatoms. The molecule has 0 bridgehead atoms. The Balaban J connectivity index is 2.02. The van der Waals surface area contributed by atoms with Crippen LogP contribution >= 0.6 is 0 Å². The van der Waals surface area contributed by atoms with Crippen molar-refractivity contribution in [2.45, 2.75) is 12.8 Å². The maximum Gasteiger partial charge on any atom is 0.248 e. The summed E-state index contributed by atoms with van der Waals surface area (Å²) in [6.07, 6.45) is 1.64. The maximum absolute atomic E-state index is 11.2. The lowest BCUT2D eigenvalue weighted by Crippen LogP contribution is -2.11. The predicted octanol–water partition coefficient (Wildman–Crippen LogP) is 2.50. The number of nitriles is 1. The van der Waals surface area contributed by atoms with Crippen LogP contribution in [0.4, 0.5) is 11.4 Å². The third-order valence-corrected chi connectivity index (χ3v) is 3.56. The van der Waals surface area contributed by atoms with Crippen LogP contribution in [0.2, 0.25) is 0 Å². The predicted molar refractivity (Wildman–Crippen MR) is 76.8 cm³/mol. The van der Waals surface area contributed by atoms with E-state index in [-0.39, 0.29) is 0 Å². The van der Waals surface area contributed by atoms with Gasteiger partial charge in [-0.05, 0) is 60.4 Å². The standard InChI is InChI=1S/C16H13N3O/c17-9-10-1-5-14-11(7-10)2-3-12-8-13(16(18)20)4-6-15(12)19-14/h1,4-8,19H,2-3H2,(H2,18,20). The fraction of sp³-hybridized carbons (Fsp3) is 0.125. The Morgan fingerprint density at radius 3 is 2.40 bits per heavy atom. The summed E-state index contributed by atoms with van der Waals surface area (Å²) < 4.78 is 0. The average Bonchev–Trinajstić information content (AvgIpc) is 2.64. The number of nitrogens with one attached hydrogen (secondary N) is 1. The van der Waals surface area contributed by atoms with Gasteiger partial charge >= 0.3 is 0 Å². The lowest BCUT2D eigenvalue weighted by molar-refractivity contribution is 0.1000. The summed E-state index contributed by atoms with van der Waals surface area (Å²) in [5.41, 5.74) is 10.7. The fourth-order valence-electron chi connectivity index (χ4n) is 2.48. The van der Waals surface area contributed by atoms with Crippen LogP contribution in [-0.2, 0) is 12.8 Å². The molecule has 1 aliphatic rings. The molecule has 20 heavy (non-hydrogen) atoms. The molecule has 1 aliphatic heterocycles. The molecule has 0 aliphatic carbocycles. The van der Waals surface area contributed by atoms with Crippen molar-refractivity contribution in [2.75, 3.05) is 5.32 Å². The van der Waals surface area contributed by atoms with Gasteiger partial charge in [-0.15, -0.1) is 0 Å². The third-order valence-electron chi connectivity index (χ3n) is 3.56. The molecule has 4 nitrogen and oxygen atoms in total. The average molecular weight is 263 g/mol. The van der Waals surface area contributed by atoms with Gasteiger partial charge in [0.15, 0.2) is 0 Å². The van der Waals surface area contributed by atoms with E-state index in [0.717, 1.165) is 35.3 Å². The first-order valence-corrected chi connectivity index (χ1v) is 6.40. The van der Waals surface area contributed by atoms with Crippen LogP contribution in [0.1, 0.15) is 27.0 Å². The van der Waals surface area contributed by atoms with Crippen molar-refractivity contribution in [3.05, 3.63) is 58.7 Å². The number of nitrogens with zero attached hydrogens (tertiary/aromatic N) is 1. The molecule has 0 fully saturated rings. The first-order chi connectivity index (χ1) is 9.67. The third kappa shape index (κ3) is 2.10. The largest absolute Gasteiger partial charge is 0.366 e. The van der Waals surface area contributed by atoms with Gasteiger partial charge in [-0.3, -0.25) is 4.79 Å². The summed E-state index contributed by atoms with van der Waals surface area (Å²) in [6, 6.07) is 13.2. The van der Waals surface area contributed by atoms with Gasteiger partial charge in [-0.25, -0.2) is 0 Å². The molecular formula is C16H13N3O. The number of hydrogen-bond donors (Lipinski definition) is 2. The summed E-state index contributed by atoms with van der Waals surface area (Å²) in [4.78, 5) is 11.2. The van der Waals surface area contributed by atoms with Gasteiger partial charge in [0.25, 0.3) is 0 Å². The molecule has 0 saturated heterocycles. The first kappa shape index (κ1) is 12.2. The second-order valence-electron chi connectivity index (χ2n) is 4.84. The maximum atomic E-state index is 11.2. The van der Waals surface area contributed by atoms with Crippen LogP contribution in [0.3, 0.4) is 0 Å². The normalized spacial score (nSPS) is 12.3. The van der Waals surface area contributed by atoms with Crippen LogP contribution in [0, 0.1) is 11.3 Å². The molecule has 3 rings (SSSR count). The van der Waals surface area contributed by atoms with E-state index in [4.69, 9.17) is 11.0 Å². The van der Waals surface area contributed by atoms with Gasteiger partial charge in [-0.1, -0.05) is 0 Å². The van der Waals surface area contributed by atoms with Gasteiger partial charge in [0, 0.05) is 16.9 Å². The minimum absolute atomic E-state index is 0.415. The van der Waals surface area contributed by atoms with Crippen LogP contribution in [-0.4, -0.2) is 5.91 Å². The summed E-state index contributed by atoms with van der Waals surface area (Å²) in [5.74, 6) is -0.415. The Kier molecular flexibility index (Phi) is 2.88. The molecule has 3 N–H and O–H groups in total. The van der Waals surface area contributed by atoms with Gasteiger partial charge in [0.1, 0.15) is 0 Å². The molecule has 0 aromatic heterocycles. The first-order valence-electron chi connectivity index (χ1n) is 6.40. The Morgan fingerprint density at radius 1 is 1.10 bits per heavy atom. The highest BCUT2D eigenvalue weighted by molar-refractivity contribution is 5.93. The molecule has 0 radical (unpaired) electrons. The Morgan fingerprint density at radius 2 is 1.75 bits per heavy atom. The highest BCUT2D eigenvalue weighted by Gasteiger charge is 2.14. The molecule has 0 saturated carbocycles. The summed E-state index contributed by atoms with van der Waals surface area (Å²) in [6.45, 7) is 0. The summed E-state index contributed by atoms with van der Waals surface area (Å²) in [7, 11) is 0. The highest BCUT2D eigenvalue weighted by atomic mass is 16.1. The van der Waals surface area contributed by atoms with Crippen LogP contribution in [0.25, 0.3) is 0 Å². The number of hydrogen-bond acceptors (Lipinski definition) is 3. The van der Waals surface area contributed by atoms with Crippen molar-refractivity contribution in [1.29, 1.82) is 5.26 Å². The number of amides is 1. The van der Waals surface area contributed by atoms with Crippen LogP contribution in [0.15, 0.2) is 36.4 Å². The number of carbonyl (C=O) groups is 1. The lowest BCUT2D eigenvalue weighted by atomic mass is 10.0. The van der Waals surface area contributed by atoms with E-state index >= 15 is 0 Å². The van der Waals surface area contributed by atoms with Crippen molar-refractivity contribution < 1.29 is 4.79 Å². The number of carbonyl (C=O) groups excluding carboxylic acids is 1. The molecule has 2 aromatic rings. The zero-order valence-electron chi connectivity index (χ0n) is 10.8.